The lowest BCUT2D eigenvalue weighted by atomic mass is 10.2. The van der Waals surface area contributed by atoms with E-state index in [9.17, 15) is 0 Å². The molecule has 0 spiro atoms. The molecule has 0 radical (unpaired) electrons. The van der Waals surface area contributed by atoms with Crippen LogP contribution in [0, 0.1) is 0 Å². The van der Waals surface area contributed by atoms with E-state index in [1.165, 1.54) is 0 Å². The number of hydrogen-bond donors (Lipinski definition) is 2. The lowest BCUT2D eigenvalue weighted by Gasteiger charge is -1.91. The second-order valence-electron chi connectivity index (χ2n) is 2.70. The number of nitrogens with two attached hydrogens (primary N) is 1. The average molecular weight is 217 g/mol. The van der Waals surface area contributed by atoms with Crippen LogP contribution in [-0.2, 0) is 6.54 Å². The summed E-state index contributed by atoms with van der Waals surface area (Å²) in [5, 5.41) is 1.86. The van der Waals surface area contributed by atoms with Gasteiger partial charge in [0.1, 0.15) is 0 Å². The van der Waals surface area contributed by atoms with E-state index in [0.717, 1.165) is 21.6 Å². The van der Waals surface area contributed by atoms with Crippen molar-refractivity contribution in [2.45, 2.75) is 6.54 Å². The maximum atomic E-state index is 5.96. The quantitative estimate of drug-likeness (QED) is 0.757. The topological polar surface area (TPSA) is 41.8 Å². The highest BCUT2D eigenvalue weighted by Gasteiger charge is 2.01. The Morgan fingerprint density at radius 3 is 2.77 bits per heavy atom. The Labute approximate surface area is 87.5 Å². The number of benzene rings is 1. The molecule has 0 bridgehead atoms. The molecule has 2 rings (SSSR count). The van der Waals surface area contributed by atoms with Crippen LogP contribution < -0.4 is 5.73 Å². The van der Waals surface area contributed by atoms with Crippen molar-refractivity contribution in [1.82, 2.24) is 4.98 Å². The smallest absolute Gasteiger partial charge is 0.0647 e. The van der Waals surface area contributed by atoms with Crippen molar-refractivity contribution in [2.75, 3.05) is 0 Å². The molecule has 2 nitrogen and oxygen atoms in total. The van der Waals surface area contributed by atoms with E-state index in [2.05, 4.69) is 4.98 Å². The van der Waals surface area contributed by atoms with E-state index in [0.29, 0.717) is 6.54 Å². The summed E-state index contributed by atoms with van der Waals surface area (Å²) in [6.07, 6.45) is 0. The van der Waals surface area contributed by atoms with Crippen molar-refractivity contribution in [1.29, 1.82) is 0 Å². The van der Waals surface area contributed by atoms with Crippen molar-refractivity contribution in [3.8, 4) is 0 Å². The highest BCUT2D eigenvalue weighted by molar-refractivity contribution is 6.35. The lowest BCUT2D eigenvalue weighted by molar-refractivity contribution is 1.02. The van der Waals surface area contributed by atoms with Crippen LogP contribution in [0.1, 0.15) is 5.69 Å². The largest absolute Gasteiger partial charge is 0.356 e. The number of para-hydroxylation sites is 1. The molecule has 70 valence electrons. The molecule has 1 heterocycles. The van der Waals surface area contributed by atoms with E-state index in [1.54, 1.807) is 0 Å². The molecule has 0 aliphatic heterocycles. The standard InChI is InChI=1S/C9H9ClN2.ClH/c10-8-3-1-2-6-4-7(5-11)12-9(6)8;/h1-4,12H,5,11H2;1H. The number of halogens is 2. The minimum absolute atomic E-state index is 0. The highest BCUT2D eigenvalue weighted by atomic mass is 35.5. The van der Waals surface area contributed by atoms with Gasteiger partial charge in [0.25, 0.3) is 0 Å². The predicted molar refractivity (Wildman–Crippen MR) is 58.4 cm³/mol. The van der Waals surface area contributed by atoms with Gasteiger partial charge in [0.2, 0.25) is 0 Å². The summed E-state index contributed by atoms with van der Waals surface area (Å²) >= 11 is 5.96. The third kappa shape index (κ3) is 1.80. The molecule has 0 atom stereocenters. The van der Waals surface area contributed by atoms with E-state index < -0.39 is 0 Å². The SMILES string of the molecule is Cl.NCc1cc2cccc(Cl)c2[nH]1. The second-order valence-corrected chi connectivity index (χ2v) is 3.11. The molecule has 0 saturated carbocycles. The number of fused-ring (bicyclic) bond motifs is 1. The van der Waals surface area contributed by atoms with Gasteiger partial charge >= 0.3 is 0 Å². The Morgan fingerprint density at radius 2 is 2.15 bits per heavy atom. The lowest BCUT2D eigenvalue weighted by Crippen LogP contribution is -1.95. The first-order valence-corrected chi connectivity index (χ1v) is 4.15. The molecule has 1 aromatic carbocycles. The van der Waals surface area contributed by atoms with Gasteiger partial charge in [0.15, 0.2) is 0 Å². The minimum atomic E-state index is 0. The van der Waals surface area contributed by atoms with Crippen molar-refractivity contribution < 1.29 is 0 Å². The maximum Gasteiger partial charge on any atom is 0.0647 e. The average Bonchev–Trinajstić information content (AvgIpc) is 2.49. The molecule has 3 N–H and O–H groups in total. The van der Waals surface area contributed by atoms with Gasteiger partial charge in [-0.25, -0.2) is 0 Å². The zero-order chi connectivity index (χ0) is 8.55. The molecular formula is C9H10Cl2N2. The molecule has 4 heteroatoms. The van der Waals surface area contributed by atoms with Crippen LogP contribution in [-0.4, -0.2) is 4.98 Å². The van der Waals surface area contributed by atoms with Crippen LogP contribution in [0.5, 0.6) is 0 Å². The summed E-state index contributed by atoms with van der Waals surface area (Å²) in [7, 11) is 0. The van der Waals surface area contributed by atoms with Crippen LogP contribution in [0.15, 0.2) is 24.3 Å². The van der Waals surface area contributed by atoms with Crippen molar-refractivity contribution >= 4 is 34.9 Å². The van der Waals surface area contributed by atoms with Crippen LogP contribution in [0.3, 0.4) is 0 Å². The first-order valence-electron chi connectivity index (χ1n) is 3.77. The zero-order valence-corrected chi connectivity index (χ0v) is 8.45. The summed E-state index contributed by atoms with van der Waals surface area (Å²) in [6, 6.07) is 7.82. The first-order chi connectivity index (χ1) is 5.81. The van der Waals surface area contributed by atoms with Gasteiger partial charge in [0, 0.05) is 17.6 Å². The summed E-state index contributed by atoms with van der Waals surface area (Å²) in [5.41, 5.74) is 7.47. The van der Waals surface area contributed by atoms with Crippen molar-refractivity contribution in [3.63, 3.8) is 0 Å². The van der Waals surface area contributed by atoms with Crippen LogP contribution in [0.4, 0.5) is 0 Å². The molecule has 13 heavy (non-hydrogen) atoms. The number of aromatic nitrogens is 1. The highest BCUT2D eigenvalue weighted by Crippen LogP contribution is 2.22. The fourth-order valence-electron chi connectivity index (χ4n) is 1.29. The van der Waals surface area contributed by atoms with Crippen molar-refractivity contribution in [2.24, 2.45) is 5.73 Å². The number of rotatable bonds is 1. The third-order valence-electron chi connectivity index (χ3n) is 1.88. The van der Waals surface area contributed by atoms with E-state index >= 15 is 0 Å². The normalized spacial score (nSPS) is 10.0. The van der Waals surface area contributed by atoms with E-state index in [1.807, 2.05) is 24.3 Å². The minimum Gasteiger partial charge on any atom is -0.356 e. The number of nitrogens with one attached hydrogen (secondary N) is 1. The first kappa shape index (κ1) is 10.4. The number of hydrogen-bond acceptors (Lipinski definition) is 1. The van der Waals surface area contributed by atoms with Gasteiger partial charge in [-0.15, -0.1) is 12.4 Å². The Bertz CT molecular complexity index is 409. The molecule has 2 aromatic rings. The third-order valence-corrected chi connectivity index (χ3v) is 2.20. The Hall–Kier alpha value is -0.700. The molecule has 0 fully saturated rings. The second kappa shape index (κ2) is 4.01. The summed E-state index contributed by atoms with van der Waals surface area (Å²) in [6.45, 7) is 0.519. The molecule has 0 amide bonds. The van der Waals surface area contributed by atoms with Gasteiger partial charge in [-0.05, 0) is 12.1 Å². The maximum absolute atomic E-state index is 5.96. The van der Waals surface area contributed by atoms with Gasteiger partial charge in [-0.1, -0.05) is 23.7 Å². The van der Waals surface area contributed by atoms with Gasteiger partial charge in [-0.2, -0.15) is 0 Å². The monoisotopic (exact) mass is 216 g/mol. The molecule has 0 aliphatic rings. The molecule has 0 unspecified atom stereocenters. The fraction of sp³-hybridized carbons (Fsp3) is 0.111. The van der Waals surface area contributed by atoms with Crippen molar-refractivity contribution in [3.05, 3.63) is 35.0 Å². The number of aromatic amines is 1. The molecule has 1 aromatic heterocycles. The van der Waals surface area contributed by atoms with Crippen LogP contribution in [0.2, 0.25) is 5.02 Å². The van der Waals surface area contributed by atoms with Gasteiger partial charge in [-0.3, -0.25) is 0 Å². The summed E-state index contributed by atoms with van der Waals surface area (Å²) < 4.78 is 0. The van der Waals surface area contributed by atoms with Crippen LogP contribution >= 0.6 is 24.0 Å². The molecule has 0 saturated heterocycles. The summed E-state index contributed by atoms with van der Waals surface area (Å²) in [5.74, 6) is 0. The summed E-state index contributed by atoms with van der Waals surface area (Å²) in [4.78, 5) is 3.16. The molecule has 0 aliphatic carbocycles. The molecular weight excluding hydrogens is 207 g/mol. The predicted octanol–water partition coefficient (Wildman–Crippen LogP) is 2.70. The zero-order valence-electron chi connectivity index (χ0n) is 6.88. The van der Waals surface area contributed by atoms with Gasteiger partial charge < -0.3 is 10.7 Å². The Kier molecular flexibility index (Phi) is 3.20. The van der Waals surface area contributed by atoms with Gasteiger partial charge in [0.05, 0.1) is 10.5 Å². The van der Waals surface area contributed by atoms with Crippen LogP contribution in [0.25, 0.3) is 10.9 Å². The van der Waals surface area contributed by atoms with E-state index in [-0.39, 0.29) is 12.4 Å². The fourth-order valence-corrected chi connectivity index (χ4v) is 1.52. The van der Waals surface area contributed by atoms with E-state index in [4.69, 9.17) is 17.3 Å². The Balaban J connectivity index is 0.000000845. The Morgan fingerprint density at radius 1 is 1.38 bits per heavy atom. The number of H-pyrrole nitrogens is 1.